The summed E-state index contributed by atoms with van der Waals surface area (Å²) in [5.41, 5.74) is 0.731. The maximum absolute atomic E-state index is 13.0. The Morgan fingerprint density at radius 1 is 0.650 bits per heavy atom. The molecule has 4 amide bonds. The van der Waals surface area contributed by atoms with Crippen molar-refractivity contribution in [3.63, 3.8) is 0 Å². The summed E-state index contributed by atoms with van der Waals surface area (Å²) in [6.45, 7) is 6.78. The second kappa shape index (κ2) is 12.8. The monoisotopic (exact) mass is 580 g/mol. The van der Waals surface area contributed by atoms with E-state index >= 15 is 0 Å². The fourth-order valence-electron chi connectivity index (χ4n) is 4.18. The lowest BCUT2D eigenvalue weighted by Crippen LogP contribution is -2.48. The maximum atomic E-state index is 13.0. The van der Waals surface area contributed by atoms with E-state index in [1.165, 1.54) is 36.4 Å². The molecule has 0 spiro atoms. The predicted octanol–water partition coefficient (Wildman–Crippen LogP) is 3.16. The van der Waals surface area contributed by atoms with E-state index in [1.54, 1.807) is 24.3 Å². The number of amides is 4. The van der Waals surface area contributed by atoms with Crippen LogP contribution in [0.2, 0.25) is 0 Å². The fourth-order valence-corrected chi connectivity index (χ4v) is 6.55. The van der Waals surface area contributed by atoms with Crippen molar-refractivity contribution in [2.45, 2.75) is 12.1 Å². The molecule has 0 unspecified atom stereocenters. The summed E-state index contributed by atoms with van der Waals surface area (Å²) in [5.74, 6) is -4.25. The molecule has 0 radical (unpaired) electrons. The van der Waals surface area contributed by atoms with Crippen molar-refractivity contribution in [3.05, 3.63) is 96.1 Å². The number of fused-ring (bicyclic) bond motifs is 2. The van der Waals surface area contributed by atoms with Crippen molar-refractivity contribution in [2.75, 3.05) is 24.7 Å². The topological polar surface area (TPSA) is 127 Å². The van der Waals surface area contributed by atoms with Crippen LogP contribution in [0.1, 0.15) is 41.4 Å². The van der Waals surface area contributed by atoms with Crippen LogP contribution in [0, 0.1) is 0 Å². The standard InChI is InChI=1S/C28H24N2O8S2/c1-3-13-37-27(35)21(29-23(31)17-9-5-6-10-18(17)24(29)32)15-39-40-16-22(28(36)38-14-4-2)30-25(33)19-11-7-8-12-20(19)26(30)34/h3-12,21-22H,1-2,13-16H2/t21-,22-/m0/s1. The first kappa shape index (κ1) is 28.8. The van der Waals surface area contributed by atoms with Crippen LogP contribution >= 0.6 is 21.6 Å². The zero-order valence-electron chi connectivity index (χ0n) is 21.1. The largest absolute Gasteiger partial charge is 0.460 e. The van der Waals surface area contributed by atoms with Crippen LogP contribution in [0.4, 0.5) is 0 Å². The van der Waals surface area contributed by atoms with Gasteiger partial charge in [-0.05, 0) is 24.3 Å². The summed E-state index contributed by atoms with van der Waals surface area (Å²) >= 11 is 0. The molecule has 4 rings (SSSR count). The van der Waals surface area contributed by atoms with Crippen molar-refractivity contribution in [1.82, 2.24) is 9.80 Å². The molecule has 2 aliphatic rings. The molecule has 2 aliphatic heterocycles. The van der Waals surface area contributed by atoms with E-state index in [2.05, 4.69) is 13.2 Å². The normalized spacial score (nSPS) is 15.4. The molecule has 40 heavy (non-hydrogen) atoms. The first-order valence-corrected chi connectivity index (χ1v) is 14.5. The minimum atomic E-state index is -1.27. The van der Waals surface area contributed by atoms with Crippen LogP contribution in [0.15, 0.2) is 73.8 Å². The van der Waals surface area contributed by atoms with Gasteiger partial charge < -0.3 is 9.47 Å². The third-order valence-electron chi connectivity index (χ3n) is 6.04. The Morgan fingerprint density at radius 3 is 1.23 bits per heavy atom. The van der Waals surface area contributed by atoms with Gasteiger partial charge in [-0.3, -0.25) is 29.0 Å². The SMILES string of the molecule is C=CCOC(=O)[C@H](CSSC[C@@H](C(=O)OCC=C)N1C(=O)c2ccccc2C1=O)N1C(=O)c2ccccc2C1=O. The van der Waals surface area contributed by atoms with Gasteiger partial charge >= 0.3 is 11.9 Å². The van der Waals surface area contributed by atoms with Gasteiger partial charge in [-0.2, -0.15) is 0 Å². The third-order valence-corrected chi connectivity index (χ3v) is 8.43. The van der Waals surface area contributed by atoms with E-state index in [0.29, 0.717) is 0 Å². The number of ether oxygens (including phenoxy) is 2. The second-order valence-corrected chi connectivity index (χ2v) is 11.0. The lowest BCUT2D eigenvalue weighted by Gasteiger charge is -2.25. The summed E-state index contributed by atoms with van der Waals surface area (Å²) in [6, 6.07) is 9.96. The van der Waals surface area contributed by atoms with Crippen molar-refractivity contribution < 1.29 is 38.2 Å². The number of carbonyl (C=O) groups excluding carboxylic acids is 6. The quantitative estimate of drug-likeness (QED) is 0.115. The smallest absolute Gasteiger partial charge is 0.330 e. The molecule has 10 nitrogen and oxygen atoms in total. The summed E-state index contributed by atoms with van der Waals surface area (Å²) in [7, 11) is 2.15. The molecule has 0 saturated carbocycles. The highest BCUT2D eigenvalue weighted by Crippen LogP contribution is 2.32. The number of esters is 2. The highest BCUT2D eigenvalue weighted by molar-refractivity contribution is 8.76. The van der Waals surface area contributed by atoms with Crippen molar-refractivity contribution in [3.8, 4) is 0 Å². The van der Waals surface area contributed by atoms with Gasteiger partial charge in [0.25, 0.3) is 23.6 Å². The molecule has 2 atom stereocenters. The van der Waals surface area contributed by atoms with E-state index in [0.717, 1.165) is 31.4 Å². The zero-order chi connectivity index (χ0) is 28.8. The molecule has 0 aromatic heterocycles. The Morgan fingerprint density at radius 2 is 0.950 bits per heavy atom. The van der Waals surface area contributed by atoms with Crippen LogP contribution in [-0.2, 0) is 19.1 Å². The lowest BCUT2D eigenvalue weighted by molar-refractivity contribution is -0.147. The Kier molecular flexibility index (Phi) is 9.22. The molecule has 0 saturated heterocycles. The summed E-state index contributed by atoms with van der Waals surface area (Å²) < 4.78 is 10.3. The summed E-state index contributed by atoms with van der Waals surface area (Å²) in [5, 5.41) is 0. The molecule has 2 aromatic rings. The molecule has 0 aliphatic carbocycles. The van der Waals surface area contributed by atoms with E-state index in [-0.39, 0.29) is 47.0 Å². The number of benzene rings is 2. The molecule has 0 bridgehead atoms. The maximum Gasteiger partial charge on any atom is 0.330 e. The van der Waals surface area contributed by atoms with E-state index in [1.807, 2.05) is 0 Å². The summed E-state index contributed by atoms with van der Waals surface area (Å²) in [6.07, 6.45) is 2.72. The molecular weight excluding hydrogens is 556 g/mol. The first-order chi connectivity index (χ1) is 19.3. The molecule has 2 aromatic carbocycles. The minimum absolute atomic E-state index is 0.0807. The van der Waals surface area contributed by atoms with Crippen molar-refractivity contribution in [1.29, 1.82) is 0 Å². The number of hydrogen-bond acceptors (Lipinski definition) is 10. The van der Waals surface area contributed by atoms with Gasteiger partial charge in [-0.1, -0.05) is 71.2 Å². The van der Waals surface area contributed by atoms with Gasteiger partial charge in [0, 0.05) is 11.5 Å². The van der Waals surface area contributed by atoms with Crippen LogP contribution in [0.3, 0.4) is 0 Å². The number of rotatable bonds is 13. The van der Waals surface area contributed by atoms with Gasteiger partial charge in [0.05, 0.1) is 22.3 Å². The molecule has 2 heterocycles. The number of imide groups is 2. The average Bonchev–Trinajstić information content (AvgIpc) is 3.37. The minimum Gasteiger partial charge on any atom is -0.460 e. The van der Waals surface area contributed by atoms with E-state index < -0.39 is 47.7 Å². The Bertz CT molecular complexity index is 1230. The van der Waals surface area contributed by atoms with Gasteiger partial charge in [0.1, 0.15) is 25.3 Å². The summed E-state index contributed by atoms with van der Waals surface area (Å²) in [4.78, 5) is 79.6. The highest BCUT2D eigenvalue weighted by Gasteiger charge is 2.45. The molecular formula is C28H24N2O8S2. The Hall–Kier alpha value is -4.16. The van der Waals surface area contributed by atoms with Gasteiger partial charge in [-0.15, -0.1) is 0 Å². The van der Waals surface area contributed by atoms with E-state index in [9.17, 15) is 28.8 Å². The van der Waals surface area contributed by atoms with Gasteiger partial charge in [-0.25, -0.2) is 9.59 Å². The molecule has 12 heteroatoms. The molecule has 0 fully saturated rings. The number of nitrogens with zero attached hydrogens (tertiary/aromatic N) is 2. The van der Waals surface area contributed by atoms with Crippen LogP contribution < -0.4 is 0 Å². The molecule has 206 valence electrons. The number of carbonyl (C=O) groups is 6. The fraction of sp³-hybridized carbons (Fsp3) is 0.214. The van der Waals surface area contributed by atoms with Crippen LogP contribution in [0.5, 0.6) is 0 Å². The molecule has 0 N–H and O–H groups in total. The average molecular weight is 581 g/mol. The second-order valence-electron chi connectivity index (χ2n) is 8.49. The van der Waals surface area contributed by atoms with Crippen LogP contribution in [0.25, 0.3) is 0 Å². The predicted molar refractivity (Wildman–Crippen MR) is 149 cm³/mol. The lowest BCUT2D eigenvalue weighted by atomic mass is 10.1. The Balaban J connectivity index is 1.49. The van der Waals surface area contributed by atoms with Crippen molar-refractivity contribution >= 4 is 57.2 Å². The van der Waals surface area contributed by atoms with Crippen molar-refractivity contribution in [2.24, 2.45) is 0 Å². The van der Waals surface area contributed by atoms with Gasteiger partial charge in [0.2, 0.25) is 0 Å². The first-order valence-electron chi connectivity index (χ1n) is 12.0. The highest BCUT2D eigenvalue weighted by atomic mass is 33.1. The van der Waals surface area contributed by atoms with E-state index in [4.69, 9.17) is 9.47 Å². The van der Waals surface area contributed by atoms with Gasteiger partial charge in [0.15, 0.2) is 0 Å². The van der Waals surface area contributed by atoms with Crippen LogP contribution in [-0.4, -0.2) is 82.2 Å². The third kappa shape index (κ3) is 5.58. The zero-order valence-corrected chi connectivity index (χ0v) is 22.8. The number of hydrogen-bond donors (Lipinski definition) is 0. The Labute approximate surface area is 237 Å².